The number of aliphatic hydroxyl groups is 2. The number of hydrogen-bond donors (Lipinski definition) is 33. The van der Waals surface area contributed by atoms with Crippen LogP contribution in [0.15, 0.2) is 48.5 Å². The molecule has 138 heavy (non-hydrogen) atoms. The highest BCUT2D eigenvalue weighted by Gasteiger charge is 2.45. The fraction of sp³-hybridized carbons (Fsp3) is 0.624. The van der Waals surface area contributed by atoms with E-state index in [1.807, 2.05) is 0 Å². The minimum absolute atomic E-state index is 0.101. The zero-order valence-electron chi connectivity index (χ0n) is 78.1. The van der Waals surface area contributed by atoms with E-state index in [2.05, 4.69) is 85.1 Å². The standard InChI is InChI=1S/C85H142N28O25/c1-6-43(4)66(111-79(132)62-39-49(117)41-113(62)82(135)65(93)42(2)3)80(133)106-57(27-33-90)75(128)108-59(37-45-14-18-47(115)19-15-45)77(130)100-52(13-10-36-98-85(96)138)70(123)109-60(40-63(92)118)78(131)101-51(12-9-35-97-84(94)95)69(122)105-58(28-34-91)76(129)112-67(44(5)114)81(134)107-56(26-32-89)74(127)99-50(11-7-8-29-86)68(121)103-55(25-31-88)73(126)104-54(24-30-87)72(125)102-53(22-23-64(119)120)71(124)110-61(83(136)137)38-46-16-20-48(116)21-17-46/h14-21,42-44,49-62,65-67,114-117H,6-13,22-41,86-91,93H2,1-5H3,(H2,92,118)(H,99,127)(H,100,130)(H,101,131)(H,102,125)(H,103,121)(H,104,126)(H,105,122)(H,106,133)(H,107,134)(H,108,128)(H,109,123)(H,110,124)(H,111,132)(H,112,129)(H,119,120)(H,136,137)(H4,94,95,97)(H3,96,98,138)/t43-,44+,49+,50-,51-,52-,53-,54-,55-,56+,57-,58-,59-,60-,61-,62-,65-,66-,67-/m0/s1. The third-order valence-corrected chi connectivity index (χ3v) is 22.3. The van der Waals surface area contributed by atoms with E-state index in [0.717, 1.165) is 11.8 Å². The number of carbonyl (C=O) groups is 19. The Morgan fingerprint density at radius 1 is 0.413 bits per heavy atom. The molecule has 1 aliphatic heterocycles. The molecule has 2 aromatic carbocycles. The zero-order chi connectivity index (χ0) is 104. The number of amides is 18. The molecular weight excluding hydrogens is 1810 g/mol. The number of aromatic hydroxyl groups is 2. The topological polar surface area (TPSA) is 925 Å². The van der Waals surface area contributed by atoms with Gasteiger partial charge in [-0.25, -0.2) is 9.59 Å². The number of carbonyl (C=O) groups excluding carboxylic acids is 17. The first-order chi connectivity index (χ1) is 65.2. The van der Waals surface area contributed by atoms with Crippen molar-refractivity contribution in [3.63, 3.8) is 0 Å². The third kappa shape index (κ3) is 42.1. The summed E-state index contributed by atoms with van der Waals surface area (Å²) in [5.41, 5.74) is 58.7. The number of likely N-dealkylation sites (tertiary alicyclic amines) is 1. The van der Waals surface area contributed by atoms with Gasteiger partial charge in [0.15, 0.2) is 5.96 Å². The second-order valence-electron chi connectivity index (χ2n) is 33.8. The quantitative estimate of drug-likeness (QED) is 0.0166. The van der Waals surface area contributed by atoms with Gasteiger partial charge in [0, 0.05) is 45.3 Å². The summed E-state index contributed by atoms with van der Waals surface area (Å²) in [6.45, 7) is 5.79. The lowest BCUT2D eigenvalue weighted by molar-refractivity contribution is -0.143. The molecule has 1 fully saturated rings. The number of phenolic OH excluding ortho intramolecular Hbond substituents is 2. The summed E-state index contributed by atoms with van der Waals surface area (Å²) in [6.07, 6.45) is -8.40. The van der Waals surface area contributed by atoms with Gasteiger partial charge in [-0.3, -0.25) is 86.9 Å². The molecule has 0 bridgehead atoms. The molecule has 1 saturated heterocycles. The number of nitrogens with zero attached hydrogens (tertiary/aromatic N) is 1. The number of benzene rings is 2. The molecule has 43 N–H and O–H groups in total. The van der Waals surface area contributed by atoms with Gasteiger partial charge in [0.2, 0.25) is 94.5 Å². The molecule has 53 nitrogen and oxygen atoms in total. The summed E-state index contributed by atoms with van der Waals surface area (Å²) in [7, 11) is 0. The molecular formula is C85H142N28O25. The number of aliphatic carboxylic acids is 2. The van der Waals surface area contributed by atoms with Crippen molar-refractivity contribution in [2.24, 2.45) is 69.2 Å². The third-order valence-electron chi connectivity index (χ3n) is 22.3. The predicted octanol–water partition coefficient (Wildman–Crippen LogP) is -11.5. The summed E-state index contributed by atoms with van der Waals surface area (Å²) in [5.74, 6) is -22.0. The smallest absolute Gasteiger partial charge is 0.326 e. The van der Waals surface area contributed by atoms with Crippen LogP contribution < -0.4 is 142 Å². The first kappa shape index (κ1) is 119. The Hall–Kier alpha value is -13.3. The maximum atomic E-state index is 14.9. The summed E-state index contributed by atoms with van der Waals surface area (Å²) in [6, 6.07) is -16.3. The Morgan fingerprint density at radius 3 is 1.10 bits per heavy atom. The van der Waals surface area contributed by atoms with Crippen molar-refractivity contribution in [3.05, 3.63) is 59.7 Å². The van der Waals surface area contributed by atoms with Crippen molar-refractivity contribution in [3.8, 4) is 11.5 Å². The molecule has 1 aliphatic rings. The lowest BCUT2D eigenvalue weighted by Gasteiger charge is -2.31. The fourth-order valence-electron chi connectivity index (χ4n) is 14.3. The minimum atomic E-state index is -2.03. The van der Waals surface area contributed by atoms with Crippen LogP contribution in [0.5, 0.6) is 11.5 Å². The number of urea groups is 1. The van der Waals surface area contributed by atoms with Crippen molar-refractivity contribution < 1.29 is 122 Å². The van der Waals surface area contributed by atoms with E-state index in [1.165, 1.54) is 48.5 Å². The van der Waals surface area contributed by atoms with Crippen LogP contribution in [-0.2, 0) is 99.1 Å². The van der Waals surface area contributed by atoms with Gasteiger partial charge in [-0.2, -0.15) is 0 Å². The van der Waals surface area contributed by atoms with Crippen molar-refractivity contribution in [2.75, 3.05) is 58.9 Å². The van der Waals surface area contributed by atoms with E-state index in [9.17, 15) is 122 Å². The van der Waals surface area contributed by atoms with E-state index in [0.29, 0.717) is 11.1 Å². The second kappa shape index (κ2) is 61.7. The van der Waals surface area contributed by atoms with Gasteiger partial charge in [0.25, 0.3) is 0 Å². The maximum absolute atomic E-state index is 14.9. The summed E-state index contributed by atoms with van der Waals surface area (Å²) >= 11 is 0. The van der Waals surface area contributed by atoms with Crippen LogP contribution in [0, 0.1) is 17.2 Å². The molecule has 53 heteroatoms. The van der Waals surface area contributed by atoms with Crippen LogP contribution in [0.3, 0.4) is 0 Å². The highest BCUT2D eigenvalue weighted by Crippen LogP contribution is 2.23. The minimum Gasteiger partial charge on any atom is -0.508 e. The average molecular weight is 1960 g/mol. The van der Waals surface area contributed by atoms with Gasteiger partial charge in [-0.1, -0.05) is 58.4 Å². The molecule has 0 saturated carbocycles. The number of nitrogens with one attached hydrogen (secondary N) is 17. The fourth-order valence-corrected chi connectivity index (χ4v) is 14.3. The first-order valence-corrected chi connectivity index (χ1v) is 45.5. The summed E-state index contributed by atoms with van der Waals surface area (Å²) in [4.78, 5) is 265. The lowest BCUT2D eigenvalue weighted by Crippen LogP contribution is -2.62. The van der Waals surface area contributed by atoms with Gasteiger partial charge < -0.3 is 178 Å². The number of carboxylic acid groups (broad SMARTS) is 2. The number of nitrogens with two attached hydrogens (primary N) is 10. The van der Waals surface area contributed by atoms with Crippen LogP contribution in [0.25, 0.3) is 0 Å². The number of hydrogen-bond acceptors (Lipinski definition) is 31. The van der Waals surface area contributed by atoms with Gasteiger partial charge in [0.05, 0.1) is 24.7 Å². The van der Waals surface area contributed by atoms with Crippen LogP contribution >= 0.6 is 0 Å². The summed E-state index contributed by atoms with van der Waals surface area (Å²) < 4.78 is 0. The largest absolute Gasteiger partial charge is 0.508 e. The van der Waals surface area contributed by atoms with E-state index in [1.54, 1.807) is 27.7 Å². The number of unbranched alkanes of at least 4 members (excludes halogenated alkanes) is 1. The Bertz CT molecular complexity index is 4410. The zero-order valence-corrected chi connectivity index (χ0v) is 78.1. The van der Waals surface area contributed by atoms with Gasteiger partial charge in [-0.15, -0.1) is 0 Å². The number of primary amides is 2. The Labute approximate surface area is 797 Å². The number of rotatable bonds is 65. The molecule has 0 aromatic heterocycles. The average Bonchev–Trinajstić information content (AvgIpc) is 1.66. The number of guanidine groups is 1. The second-order valence-corrected chi connectivity index (χ2v) is 33.8. The van der Waals surface area contributed by atoms with E-state index in [4.69, 9.17) is 62.7 Å². The Kier molecular flexibility index (Phi) is 53.1. The number of β-amino-alcohol motifs (C(OH)–C–C–N with tert-alkyl or cyclic N) is 1. The van der Waals surface area contributed by atoms with Gasteiger partial charge in [0.1, 0.15) is 102 Å². The van der Waals surface area contributed by atoms with E-state index in [-0.39, 0.29) is 153 Å². The van der Waals surface area contributed by atoms with E-state index < -0.39 is 278 Å². The summed E-state index contributed by atoms with van der Waals surface area (Å²) in [5, 5.41) is 108. The molecule has 0 aliphatic carbocycles. The molecule has 0 unspecified atom stereocenters. The molecule has 2 aromatic rings. The van der Waals surface area contributed by atoms with Gasteiger partial charge in [-0.05, 0) is 177 Å². The molecule has 0 spiro atoms. The normalized spacial score (nSPS) is 16.5. The van der Waals surface area contributed by atoms with Crippen molar-refractivity contribution >= 4 is 118 Å². The van der Waals surface area contributed by atoms with Crippen molar-refractivity contribution in [1.82, 2.24) is 90.0 Å². The number of phenols is 2. The molecule has 19 atom stereocenters. The van der Waals surface area contributed by atoms with Crippen LogP contribution in [-0.4, -0.2) is 322 Å². The Morgan fingerprint density at radius 2 is 0.746 bits per heavy atom. The monoisotopic (exact) mass is 1960 g/mol. The first-order valence-electron chi connectivity index (χ1n) is 45.5. The molecule has 1 heterocycles. The van der Waals surface area contributed by atoms with Crippen LogP contribution in [0.1, 0.15) is 155 Å². The Balaban J connectivity index is 1.97. The maximum Gasteiger partial charge on any atom is 0.326 e. The van der Waals surface area contributed by atoms with Crippen molar-refractivity contribution in [1.29, 1.82) is 5.41 Å². The molecule has 0 radical (unpaired) electrons. The highest BCUT2D eigenvalue weighted by atomic mass is 16.4. The van der Waals surface area contributed by atoms with Crippen LogP contribution in [0.4, 0.5) is 4.79 Å². The molecule has 772 valence electrons. The SMILES string of the molecule is CC[C@H](C)[C@H](NC(=O)[C@@H]1C[C@@H](O)CN1C(=O)[C@@H](N)C(C)C)C(=O)N[C@@H](CCN)C(=O)N[C@@H](Cc1ccc(O)cc1)C(=O)N[C@@H](CCCNC(N)=O)C(=O)N[C@@H](CC(N)=O)C(=O)N[C@@H](CCCNC(=N)N)C(=O)N[C@@H](CCN)C(=O)N[C@H](C(=O)N[C@H](CCN)C(=O)N[C@@H](CCCCN)C(=O)N[C@@H](CCN)C(=O)N[C@@H](CCN)C(=O)N[C@@H](CCC(=O)O)C(=O)N[C@@H](Cc1ccc(O)cc1)C(=O)O)[C@@H](C)O. The van der Waals surface area contributed by atoms with Crippen molar-refractivity contribution in [2.45, 2.75) is 265 Å². The molecule has 3 rings (SSSR count). The van der Waals surface area contributed by atoms with E-state index >= 15 is 0 Å². The van der Waals surface area contributed by atoms with Crippen LogP contribution in [0.2, 0.25) is 0 Å². The lowest BCUT2D eigenvalue weighted by atomic mass is 9.96. The number of aliphatic hydroxyl groups excluding tert-OH is 2. The van der Waals surface area contributed by atoms with Gasteiger partial charge >= 0.3 is 18.0 Å². The molecule has 18 amide bonds. The highest BCUT2D eigenvalue weighted by molar-refractivity contribution is 6.02. The predicted molar refractivity (Wildman–Crippen MR) is 496 cm³/mol. The number of carboxylic acids is 2.